The predicted molar refractivity (Wildman–Crippen MR) is 81.5 cm³/mol. The number of amides is 1. The average molecular weight is 375 g/mol. The summed E-state index contributed by atoms with van der Waals surface area (Å²) in [6, 6.07) is 10.1. The first-order valence-corrected chi connectivity index (χ1v) is 8.31. The molecule has 2 nitrogen and oxygen atoms in total. The van der Waals surface area contributed by atoms with Crippen molar-refractivity contribution in [2.24, 2.45) is 0 Å². The molecule has 1 fully saturated rings. The van der Waals surface area contributed by atoms with E-state index in [0.717, 1.165) is 29.1 Å². The van der Waals surface area contributed by atoms with Crippen LogP contribution in [0.1, 0.15) is 25.3 Å². The Balaban J connectivity index is 2.15. The van der Waals surface area contributed by atoms with E-state index < -0.39 is 0 Å². The van der Waals surface area contributed by atoms with Crippen molar-refractivity contribution in [2.75, 3.05) is 10.7 Å². The van der Waals surface area contributed by atoms with Crippen molar-refractivity contribution in [1.29, 1.82) is 0 Å². The van der Waals surface area contributed by atoms with Crippen LogP contribution in [0.3, 0.4) is 0 Å². The molecule has 0 spiro atoms. The summed E-state index contributed by atoms with van der Waals surface area (Å²) < 4.78 is 0. The second-order valence-corrected chi connectivity index (χ2v) is 6.35. The van der Waals surface area contributed by atoms with E-state index in [1.54, 1.807) is 0 Å². The smallest absolute Gasteiger partial charge is 0.231 e. The summed E-state index contributed by atoms with van der Waals surface area (Å²) in [5.74, 6) is 0.148. The molecule has 2 rings (SSSR count). The van der Waals surface area contributed by atoms with Gasteiger partial charge in [0.05, 0.1) is 11.0 Å². The maximum Gasteiger partial charge on any atom is 0.231 e. The van der Waals surface area contributed by atoms with Crippen molar-refractivity contribution in [3.63, 3.8) is 0 Å². The second-order valence-electron chi connectivity index (χ2n) is 5.23. The standard InChI is InChI=1S/C14H17Br2NO/c1-13(9-15,10-16)17-12(18)14(7-8-14)11-5-3-2-4-6-11/h2-6H,7-10H2,1H3,(H,17,18). The third-order valence-electron chi connectivity index (χ3n) is 3.52. The van der Waals surface area contributed by atoms with Gasteiger partial charge in [0.2, 0.25) is 5.91 Å². The molecule has 1 amide bonds. The molecule has 1 aromatic carbocycles. The molecule has 0 atom stereocenters. The summed E-state index contributed by atoms with van der Waals surface area (Å²) in [6.07, 6.45) is 1.90. The summed E-state index contributed by atoms with van der Waals surface area (Å²) >= 11 is 6.92. The van der Waals surface area contributed by atoms with Gasteiger partial charge in [-0.15, -0.1) is 0 Å². The molecule has 0 heterocycles. The lowest BCUT2D eigenvalue weighted by Crippen LogP contribution is -2.52. The second kappa shape index (κ2) is 5.33. The van der Waals surface area contributed by atoms with Crippen molar-refractivity contribution in [3.05, 3.63) is 35.9 Å². The van der Waals surface area contributed by atoms with Crippen LogP contribution in [-0.2, 0) is 10.2 Å². The Hall–Kier alpha value is -0.350. The molecule has 4 heteroatoms. The summed E-state index contributed by atoms with van der Waals surface area (Å²) in [4.78, 5) is 12.5. The molecule has 0 aromatic heterocycles. The van der Waals surface area contributed by atoms with Gasteiger partial charge in [0.25, 0.3) is 0 Å². The third-order valence-corrected chi connectivity index (χ3v) is 5.99. The van der Waals surface area contributed by atoms with Crippen LogP contribution in [-0.4, -0.2) is 22.1 Å². The van der Waals surface area contributed by atoms with E-state index in [-0.39, 0.29) is 16.9 Å². The van der Waals surface area contributed by atoms with E-state index in [0.29, 0.717) is 0 Å². The number of hydrogen-bond acceptors (Lipinski definition) is 1. The number of benzene rings is 1. The SMILES string of the molecule is CC(CBr)(CBr)NC(=O)C1(c2ccccc2)CC1. The summed E-state index contributed by atoms with van der Waals surface area (Å²) in [6.45, 7) is 2.04. The Morgan fingerprint density at radius 3 is 2.28 bits per heavy atom. The Bertz CT molecular complexity index is 425. The summed E-state index contributed by atoms with van der Waals surface area (Å²) in [5.41, 5.74) is 0.614. The van der Waals surface area contributed by atoms with Gasteiger partial charge >= 0.3 is 0 Å². The van der Waals surface area contributed by atoms with Crippen molar-refractivity contribution in [1.82, 2.24) is 5.32 Å². The van der Waals surface area contributed by atoms with Gasteiger partial charge in [-0.25, -0.2) is 0 Å². The molecule has 1 aliphatic carbocycles. The van der Waals surface area contributed by atoms with Crippen molar-refractivity contribution in [2.45, 2.75) is 30.7 Å². The van der Waals surface area contributed by atoms with Gasteiger partial charge in [-0.2, -0.15) is 0 Å². The van der Waals surface area contributed by atoms with Crippen LogP contribution >= 0.6 is 31.9 Å². The number of carbonyl (C=O) groups is 1. The van der Waals surface area contributed by atoms with Crippen molar-refractivity contribution in [3.8, 4) is 0 Å². The number of rotatable bonds is 5. The lowest BCUT2D eigenvalue weighted by atomic mass is 9.93. The van der Waals surface area contributed by atoms with Gasteiger partial charge in [0, 0.05) is 10.7 Å². The zero-order valence-corrected chi connectivity index (χ0v) is 13.6. The molecule has 0 bridgehead atoms. The Morgan fingerprint density at radius 1 is 1.28 bits per heavy atom. The molecule has 0 radical (unpaired) electrons. The monoisotopic (exact) mass is 373 g/mol. The van der Waals surface area contributed by atoms with Crippen LogP contribution in [0.2, 0.25) is 0 Å². The summed E-state index contributed by atoms with van der Waals surface area (Å²) in [5, 5.41) is 4.64. The highest BCUT2D eigenvalue weighted by Gasteiger charge is 2.52. The van der Waals surface area contributed by atoms with Crippen molar-refractivity contribution >= 4 is 37.8 Å². The Labute approximate surface area is 125 Å². The zero-order valence-electron chi connectivity index (χ0n) is 10.4. The van der Waals surface area contributed by atoms with E-state index in [1.807, 2.05) is 37.3 Å². The molecule has 1 aromatic rings. The number of carbonyl (C=O) groups excluding carboxylic acids is 1. The van der Waals surface area contributed by atoms with Gasteiger partial charge in [-0.1, -0.05) is 62.2 Å². The normalized spacial score (nSPS) is 17.3. The first-order chi connectivity index (χ1) is 8.56. The van der Waals surface area contributed by atoms with Crippen LogP contribution < -0.4 is 5.32 Å². The Kier molecular flexibility index (Phi) is 4.17. The molecule has 98 valence electrons. The van der Waals surface area contributed by atoms with E-state index in [1.165, 1.54) is 0 Å². The molecule has 1 aliphatic rings. The highest BCUT2D eigenvalue weighted by molar-refractivity contribution is 9.09. The summed E-state index contributed by atoms with van der Waals surface area (Å²) in [7, 11) is 0. The van der Waals surface area contributed by atoms with E-state index in [4.69, 9.17) is 0 Å². The highest BCUT2D eigenvalue weighted by atomic mass is 79.9. The highest BCUT2D eigenvalue weighted by Crippen LogP contribution is 2.48. The van der Waals surface area contributed by atoms with Gasteiger partial charge in [-0.05, 0) is 25.3 Å². The quantitative estimate of drug-likeness (QED) is 0.786. The molecular weight excluding hydrogens is 358 g/mol. The molecule has 18 heavy (non-hydrogen) atoms. The van der Waals surface area contributed by atoms with E-state index >= 15 is 0 Å². The third kappa shape index (κ3) is 2.64. The molecule has 0 saturated heterocycles. The van der Waals surface area contributed by atoms with Gasteiger partial charge in [0.1, 0.15) is 0 Å². The lowest BCUT2D eigenvalue weighted by molar-refractivity contribution is -0.124. The van der Waals surface area contributed by atoms with E-state index in [2.05, 4.69) is 37.2 Å². The predicted octanol–water partition coefficient (Wildman–Crippen LogP) is 3.38. The molecule has 1 N–H and O–H groups in total. The lowest BCUT2D eigenvalue weighted by Gasteiger charge is -2.29. The topological polar surface area (TPSA) is 29.1 Å². The van der Waals surface area contributed by atoms with Crippen LogP contribution in [0.15, 0.2) is 30.3 Å². The van der Waals surface area contributed by atoms with Crippen LogP contribution in [0.5, 0.6) is 0 Å². The Morgan fingerprint density at radius 2 is 1.83 bits per heavy atom. The minimum Gasteiger partial charge on any atom is -0.348 e. The van der Waals surface area contributed by atoms with Crippen molar-refractivity contribution < 1.29 is 4.79 Å². The molecule has 0 aliphatic heterocycles. The molecular formula is C14H17Br2NO. The van der Waals surface area contributed by atoms with E-state index in [9.17, 15) is 4.79 Å². The fraction of sp³-hybridized carbons (Fsp3) is 0.500. The van der Waals surface area contributed by atoms with Gasteiger partial charge in [0.15, 0.2) is 0 Å². The van der Waals surface area contributed by atoms with Crippen LogP contribution in [0.4, 0.5) is 0 Å². The fourth-order valence-electron chi connectivity index (χ4n) is 2.03. The fourth-order valence-corrected chi connectivity index (χ4v) is 3.23. The van der Waals surface area contributed by atoms with Gasteiger partial charge < -0.3 is 5.32 Å². The number of halogens is 2. The number of hydrogen-bond donors (Lipinski definition) is 1. The average Bonchev–Trinajstić information content (AvgIpc) is 3.21. The number of alkyl halides is 2. The van der Waals surface area contributed by atoms with Crippen LogP contribution in [0, 0.1) is 0 Å². The van der Waals surface area contributed by atoms with Gasteiger partial charge in [-0.3, -0.25) is 4.79 Å². The largest absolute Gasteiger partial charge is 0.348 e. The minimum atomic E-state index is -0.285. The van der Waals surface area contributed by atoms with Crippen LogP contribution in [0.25, 0.3) is 0 Å². The maximum absolute atomic E-state index is 12.5. The molecule has 1 saturated carbocycles. The first-order valence-electron chi connectivity index (χ1n) is 6.06. The molecule has 0 unspecified atom stereocenters. The zero-order chi connectivity index (χ0) is 13.2. The minimum absolute atomic E-state index is 0.148. The maximum atomic E-state index is 12.5. The number of nitrogens with one attached hydrogen (secondary N) is 1. The first kappa shape index (κ1) is 14.1.